The van der Waals surface area contributed by atoms with Crippen molar-refractivity contribution < 1.29 is 14.1 Å². The third kappa shape index (κ3) is 3.11. The van der Waals surface area contributed by atoms with E-state index in [2.05, 4.69) is 15.6 Å². The monoisotopic (exact) mass is 357 g/mol. The minimum atomic E-state index is -0.136. The lowest BCUT2D eigenvalue weighted by Crippen LogP contribution is -2.39. The lowest BCUT2D eigenvalue weighted by Gasteiger charge is -2.16. The van der Waals surface area contributed by atoms with E-state index in [0.717, 1.165) is 24.0 Å². The zero-order valence-corrected chi connectivity index (χ0v) is 15.1. The molecule has 2 fully saturated rings. The van der Waals surface area contributed by atoms with Crippen molar-refractivity contribution >= 4 is 11.8 Å². The Morgan fingerprint density at radius 2 is 2.23 bits per heavy atom. The molecule has 2 aliphatic heterocycles. The van der Waals surface area contributed by atoms with E-state index in [-0.39, 0.29) is 17.9 Å². The lowest BCUT2D eigenvalue weighted by atomic mass is 9.99. The molecule has 0 aromatic carbocycles. The summed E-state index contributed by atoms with van der Waals surface area (Å²) in [7, 11) is 0. The van der Waals surface area contributed by atoms with Gasteiger partial charge in [-0.15, -0.1) is 0 Å². The number of carbonyl (C=O) groups excluding carboxylic acids is 2. The maximum absolute atomic E-state index is 13.0. The van der Waals surface area contributed by atoms with Crippen molar-refractivity contribution in [2.75, 3.05) is 13.1 Å². The van der Waals surface area contributed by atoms with E-state index in [1.54, 1.807) is 15.8 Å². The minimum absolute atomic E-state index is 0.0409. The van der Waals surface area contributed by atoms with Crippen molar-refractivity contribution in [2.45, 2.75) is 45.7 Å². The van der Waals surface area contributed by atoms with Gasteiger partial charge in [-0.1, -0.05) is 5.16 Å². The predicted molar refractivity (Wildman–Crippen MR) is 92.5 cm³/mol. The molecule has 2 saturated heterocycles. The van der Waals surface area contributed by atoms with E-state index in [1.807, 2.05) is 20.0 Å². The van der Waals surface area contributed by atoms with Gasteiger partial charge in [-0.05, 0) is 38.2 Å². The Balaban J connectivity index is 1.53. The van der Waals surface area contributed by atoms with Gasteiger partial charge < -0.3 is 14.7 Å². The van der Waals surface area contributed by atoms with Crippen molar-refractivity contribution in [2.24, 2.45) is 5.92 Å². The number of fused-ring (bicyclic) bond motifs is 1. The minimum Gasteiger partial charge on any atom is -0.361 e. The number of aromatic nitrogens is 3. The van der Waals surface area contributed by atoms with Gasteiger partial charge in [-0.2, -0.15) is 5.10 Å². The van der Waals surface area contributed by atoms with Crippen LogP contribution < -0.4 is 5.32 Å². The molecule has 0 saturated carbocycles. The zero-order valence-electron chi connectivity index (χ0n) is 15.1. The number of carbonyl (C=O) groups is 2. The molecular formula is C18H23N5O3. The molecule has 4 heterocycles. The number of hydrogen-bond donors (Lipinski definition) is 1. The summed E-state index contributed by atoms with van der Waals surface area (Å²) in [5, 5.41) is 11.4. The first-order valence-corrected chi connectivity index (χ1v) is 9.04. The summed E-state index contributed by atoms with van der Waals surface area (Å²) in [5.41, 5.74) is 2.16. The third-order valence-electron chi connectivity index (χ3n) is 5.32. The standard InChI is InChI=1S/C18H23N5O3/c1-11-6-19-23(7-11)9-14-12(2)26-21-17(14)18(25)22-8-13-4-3-5-16(24)20-15(13)10-22/h6-7,13,15H,3-5,8-10H2,1-2H3,(H,20,24)/t13-,15+/m1/s1. The van der Waals surface area contributed by atoms with Crippen molar-refractivity contribution in [3.8, 4) is 0 Å². The fraction of sp³-hybridized carbons (Fsp3) is 0.556. The topological polar surface area (TPSA) is 93.3 Å². The highest BCUT2D eigenvalue weighted by Gasteiger charge is 2.39. The summed E-state index contributed by atoms with van der Waals surface area (Å²) in [6.45, 7) is 5.40. The first-order valence-electron chi connectivity index (χ1n) is 9.04. The lowest BCUT2D eigenvalue weighted by molar-refractivity contribution is -0.121. The molecule has 4 rings (SSSR count). The van der Waals surface area contributed by atoms with Crippen LogP contribution in [0.4, 0.5) is 0 Å². The van der Waals surface area contributed by atoms with Gasteiger partial charge in [0.25, 0.3) is 5.91 Å². The van der Waals surface area contributed by atoms with E-state index in [9.17, 15) is 9.59 Å². The van der Waals surface area contributed by atoms with E-state index < -0.39 is 0 Å². The summed E-state index contributed by atoms with van der Waals surface area (Å²) in [4.78, 5) is 26.6. The molecule has 138 valence electrons. The van der Waals surface area contributed by atoms with Crippen LogP contribution in [0.3, 0.4) is 0 Å². The van der Waals surface area contributed by atoms with Crippen molar-refractivity contribution in [3.63, 3.8) is 0 Å². The molecule has 1 N–H and O–H groups in total. The fourth-order valence-electron chi connectivity index (χ4n) is 3.91. The largest absolute Gasteiger partial charge is 0.361 e. The molecule has 2 aromatic heterocycles. The van der Waals surface area contributed by atoms with Gasteiger partial charge in [0, 0.05) is 31.3 Å². The average molecular weight is 357 g/mol. The summed E-state index contributed by atoms with van der Waals surface area (Å²) in [6, 6.07) is 0.0409. The Hall–Kier alpha value is -2.64. The highest BCUT2D eigenvalue weighted by molar-refractivity contribution is 5.94. The Morgan fingerprint density at radius 3 is 3.00 bits per heavy atom. The number of nitrogens with one attached hydrogen (secondary N) is 1. The Labute approximate surface area is 151 Å². The van der Waals surface area contributed by atoms with Crippen LogP contribution in [0.25, 0.3) is 0 Å². The maximum atomic E-state index is 13.0. The van der Waals surface area contributed by atoms with Crippen LogP contribution in [0.1, 0.15) is 46.6 Å². The number of nitrogens with zero attached hydrogens (tertiary/aromatic N) is 4. The maximum Gasteiger partial charge on any atom is 0.276 e. The quantitative estimate of drug-likeness (QED) is 0.893. The van der Waals surface area contributed by atoms with E-state index in [1.165, 1.54) is 0 Å². The number of amides is 2. The number of hydrogen-bond acceptors (Lipinski definition) is 5. The van der Waals surface area contributed by atoms with Gasteiger partial charge in [0.2, 0.25) is 5.91 Å². The Bertz CT molecular complexity index is 840. The molecule has 2 aromatic rings. The van der Waals surface area contributed by atoms with Gasteiger partial charge in [-0.25, -0.2) is 0 Å². The first-order chi connectivity index (χ1) is 12.5. The summed E-state index contributed by atoms with van der Waals surface area (Å²) in [5.74, 6) is 0.890. The normalized spacial score (nSPS) is 22.8. The predicted octanol–water partition coefficient (Wildman–Crippen LogP) is 1.28. The molecule has 0 bridgehead atoms. The molecule has 8 heteroatoms. The van der Waals surface area contributed by atoms with Gasteiger partial charge in [0.1, 0.15) is 5.76 Å². The number of rotatable bonds is 3. The van der Waals surface area contributed by atoms with Gasteiger partial charge >= 0.3 is 0 Å². The van der Waals surface area contributed by atoms with Crippen molar-refractivity contribution in [3.05, 3.63) is 35.0 Å². The molecule has 0 spiro atoms. The van der Waals surface area contributed by atoms with Crippen molar-refractivity contribution in [1.82, 2.24) is 25.2 Å². The van der Waals surface area contributed by atoms with Crippen LogP contribution in [-0.2, 0) is 11.3 Å². The molecule has 2 amide bonds. The molecule has 0 aliphatic carbocycles. The molecule has 2 aliphatic rings. The van der Waals surface area contributed by atoms with Crippen LogP contribution in [0.15, 0.2) is 16.9 Å². The molecule has 0 unspecified atom stereocenters. The van der Waals surface area contributed by atoms with Crippen LogP contribution in [0.2, 0.25) is 0 Å². The molecule has 8 nitrogen and oxygen atoms in total. The van der Waals surface area contributed by atoms with Crippen LogP contribution >= 0.6 is 0 Å². The van der Waals surface area contributed by atoms with Gasteiger partial charge in [-0.3, -0.25) is 14.3 Å². The second-order valence-corrected chi connectivity index (χ2v) is 7.32. The molecular weight excluding hydrogens is 334 g/mol. The fourth-order valence-corrected chi connectivity index (χ4v) is 3.91. The van der Waals surface area contributed by atoms with E-state index >= 15 is 0 Å². The number of likely N-dealkylation sites (tertiary alicyclic amines) is 1. The average Bonchev–Trinajstić information content (AvgIpc) is 3.26. The highest BCUT2D eigenvalue weighted by atomic mass is 16.5. The van der Waals surface area contributed by atoms with Crippen LogP contribution in [0, 0.1) is 19.8 Å². The summed E-state index contributed by atoms with van der Waals surface area (Å²) >= 11 is 0. The highest BCUT2D eigenvalue weighted by Crippen LogP contribution is 2.27. The van der Waals surface area contributed by atoms with Gasteiger partial charge in [0.15, 0.2) is 5.69 Å². The SMILES string of the molecule is Cc1cnn(Cc2c(C(=O)N3C[C@H]4CCCC(=O)N[C@H]4C3)noc2C)c1. The van der Waals surface area contributed by atoms with Crippen LogP contribution in [0.5, 0.6) is 0 Å². The third-order valence-corrected chi connectivity index (χ3v) is 5.32. The van der Waals surface area contributed by atoms with E-state index in [0.29, 0.717) is 43.4 Å². The number of aryl methyl sites for hydroxylation is 2. The smallest absolute Gasteiger partial charge is 0.276 e. The van der Waals surface area contributed by atoms with Gasteiger partial charge in [0.05, 0.1) is 18.8 Å². The Kier molecular flexibility index (Phi) is 4.26. The first kappa shape index (κ1) is 16.8. The van der Waals surface area contributed by atoms with Crippen LogP contribution in [-0.4, -0.2) is 50.8 Å². The molecule has 26 heavy (non-hydrogen) atoms. The summed E-state index contributed by atoms with van der Waals surface area (Å²) < 4.78 is 7.08. The van der Waals surface area contributed by atoms with E-state index in [4.69, 9.17) is 4.52 Å². The van der Waals surface area contributed by atoms with Crippen molar-refractivity contribution in [1.29, 1.82) is 0 Å². The molecule has 2 atom stereocenters. The summed E-state index contributed by atoms with van der Waals surface area (Å²) in [6.07, 6.45) is 6.12. The zero-order chi connectivity index (χ0) is 18.3. The Morgan fingerprint density at radius 1 is 1.38 bits per heavy atom. The second kappa shape index (κ2) is 6.59. The molecule has 0 radical (unpaired) electrons. The second-order valence-electron chi connectivity index (χ2n) is 7.32.